The van der Waals surface area contributed by atoms with Gasteiger partial charge in [-0.3, -0.25) is 4.79 Å². The van der Waals surface area contributed by atoms with Gasteiger partial charge in [-0.15, -0.1) is 0 Å². The minimum Gasteiger partial charge on any atom is -0.478 e. The van der Waals surface area contributed by atoms with Crippen LogP contribution >= 0.6 is 0 Å². The summed E-state index contributed by atoms with van der Waals surface area (Å²) >= 11 is 0. The lowest BCUT2D eigenvalue weighted by molar-refractivity contribution is -0.221. The van der Waals surface area contributed by atoms with E-state index in [0.717, 1.165) is 30.4 Å². The average molecular weight is 461 g/mol. The Morgan fingerprint density at radius 3 is 2.36 bits per heavy atom. The number of esters is 2. The van der Waals surface area contributed by atoms with E-state index in [4.69, 9.17) is 14.6 Å². The Labute approximate surface area is 198 Å². The molecule has 0 aliphatic heterocycles. The summed E-state index contributed by atoms with van der Waals surface area (Å²) < 4.78 is 12.0. The number of carbonyl (C=O) groups is 3. The molecule has 0 amide bonds. The first-order valence-electron chi connectivity index (χ1n) is 11.9. The summed E-state index contributed by atoms with van der Waals surface area (Å²) in [5.74, 6) is -1.65. The highest BCUT2D eigenvalue weighted by atomic mass is 16.6. The van der Waals surface area contributed by atoms with Gasteiger partial charge in [-0.05, 0) is 64.7 Å². The maximum Gasteiger partial charge on any atom is 0.333 e. The largest absolute Gasteiger partial charge is 0.478 e. The summed E-state index contributed by atoms with van der Waals surface area (Å²) in [5, 5.41) is 9.13. The summed E-state index contributed by atoms with van der Waals surface area (Å²) in [6.07, 6.45) is 7.23. The van der Waals surface area contributed by atoms with Crippen molar-refractivity contribution in [1.29, 1.82) is 0 Å². The van der Waals surface area contributed by atoms with Crippen molar-refractivity contribution >= 4 is 17.9 Å². The zero-order valence-corrected chi connectivity index (χ0v) is 21.4. The molecule has 1 fully saturated rings. The fourth-order valence-corrected chi connectivity index (χ4v) is 6.02. The molecule has 0 aromatic rings. The molecule has 1 saturated carbocycles. The van der Waals surface area contributed by atoms with Gasteiger partial charge in [-0.1, -0.05) is 44.1 Å². The smallest absolute Gasteiger partial charge is 0.333 e. The Kier molecular flexibility index (Phi) is 8.36. The van der Waals surface area contributed by atoms with Crippen LogP contribution in [-0.2, 0) is 23.9 Å². The van der Waals surface area contributed by atoms with Crippen LogP contribution in [-0.4, -0.2) is 35.2 Å². The number of hydrogen-bond acceptors (Lipinski definition) is 5. The molecule has 0 saturated heterocycles. The molecule has 6 heteroatoms. The van der Waals surface area contributed by atoms with Crippen molar-refractivity contribution in [2.24, 2.45) is 22.7 Å². The fourth-order valence-electron chi connectivity index (χ4n) is 6.02. The van der Waals surface area contributed by atoms with Crippen LogP contribution in [0.25, 0.3) is 0 Å². The number of aliphatic carboxylic acids is 1. The van der Waals surface area contributed by atoms with Gasteiger partial charge in [0.1, 0.15) is 12.2 Å². The van der Waals surface area contributed by atoms with Gasteiger partial charge in [-0.25, -0.2) is 9.59 Å². The van der Waals surface area contributed by atoms with E-state index in [2.05, 4.69) is 33.8 Å². The minimum absolute atomic E-state index is 0.0910. The number of allylic oxidation sites excluding steroid dienone is 3. The quantitative estimate of drug-likeness (QED) is 0.301. The molecule has 6 nitrogen and oxygen atoms in total. The topological polar surface area (TPSA) is 89.9 Å². The van der Waals surface area contributed by atoms with Gasteiger partial charge in [0.05, 0.1) is 0 Å². The zero-order valence-electron chi connectivity index (χ0n) is 21.4. The molecule has 6 atom stereocenters. The molecule has 2 aliphatic rings. The second-order valence-electron chi connectivity index (χ2n) is 10.3. The molecule has 0 radical (unpaired) electrons. The molecule has 33 heavy (non-hydrogen) atoms. The van der Waals surface area contributed by atoms with Gasteiger partial charge in [0, 0.05) is 29.9 Å². The molecule has 0 aromatic carbocycles. The molecule has 0 bridgehead atoms. The molecule has 1 N–H and O–H groups in total. The number of carbonyl (C=O) groups excluding carboxylic acids is 2. The van der Waals surface area contributed by atoms with Crippen LogP contribution in [0.4, 0.5) is 0 Å². The standard InChI is InChI=1S/C27H40O6/c1-9-17(3)25(31)33-24-23(32-20(6)28)19(5)26(7,14-13-16(2)15-22(29)30)21-12-10-11-18(4)27(21,24)8/h9,11,15,19,21,23-24H,10,12-14H2,1-8H3,(H,29,30)/b16-15-,17-9-/t19-,21-,23-,24+,26+,27+/m1/s1. The van der Waals surface area contributed by atoms with Crippen molar-refractivity contribution < 1.29 is 29.0 Å². The third kappa shape index (κ3) is 5.25. The van der Waals surface area contributed by atoms with Crippen LogP contribution in [0.15, 0.2) is 34.9 Å². The molecule has 0 aromatic heterocycles. The Bertz CT molecular complexity index is 881. The minimum atomic E-state index is -0.945. The lowest BCUT2D eigenvalue weighted by Crippen LogP contribution is -2.65. The number of rotatable bonds is 7. The third-order valence-electron chi connectivity index (χ3n) is 8.42. The summed E-state index contributed by atoms with van der Waals surface area (Å²) in [7, 11) is 0. The van der Waals surface area contributed by atoms with Gasteiger partial charge in [0.2, 0.25) is 0 Å². The highest BCUT2D eigenvalue weighted by Crippen LogP contribution is 2.63. The second-order valence-corrected chi connectivity index (χ2v) is 10.3. The lowest BCUT2D eigenvalue weighted by atomic mass is 9.45. The van der Waals surface area contributed by atoms with Crippen molar-refractivity contribution in [3.63, 3.8) is 0 Å². The van der Waals surface area contributed by atoms with Crippen LogP contribution in [0.3, 0.4) is 0 Å². The monoisotopic (exact) mass is 460 g/mol. The van der Waals surface area contributed by atoms with Crippen molar-refractivity contribution in [3.8, 4) is 0 Å². The summed E-state index contributed by atoms with van der Waals surface area (Å²) in [4.78, 5) is 36.2. The molecular formula is C27H40O6. The van der Waals surface area contributed by atoms with Crippen molar-refractivity contribution in [1.82, 2.24) is 0 Å². The molecular weight excluding hydrogens is 420 g/mol. The van der Waals surface area contributed by atoms with Crippen molar-refractivity contribution in [2.45, 2.75) is 93.3 Å². The first-order chi connectivity index (χ1) is 15.3. The van der Waals surface area contributed by atoms with Gasteiger partial charge >= 0.3 is 17.9 Å². The van der Waals surface area contributed by atoms with E-state index >= 15 is 0 Å². The molecule has 0 heterocycles. The van der Waals surface area contributed by atoms with E-state index in [1.165, 1.54) is 13.0 Å². The van der Waals surface area contributed by atoms with Gasteiger partial charge in [0.25, 0.3) is 0 Å². The normalized spacial score (nSPS) is 34.7. The first kappa shape index (κ1) is 26.9. The van der Waals surface area contributed by atoms with Gasteiger partial charge in [-0.2, -0.15) is 0 Å². The predicted octanol–water partition coefficient (Wildman–Crippen LogP) is 5.63. The van der Waals surface area contributed by atoms with Crippen molar-refractivity contribution in [2.75, 3.05) is 0 Å². The Morgan fingerprint density at radius 2 is 1.82 bits per heavy atom. The second kappa shape index (κ2) is 10.3. The van der Waals surface area contributed by atoms with E-state index in [1.807, 2.05) is 6.92 Å². The van der Waals surface area contributed by atoms with E-state index < -0.39 is 35.5 Å². The van der Waals surface area contributed by atoms with Crippen LogP contribution in [0.1, 0.15) is 81.1 Å². The maximum atomic E-state index is 12.9. The van der Waals surface area contributed by atoms with Gasteiger partial charge in [0.15, 0.2) is 0 Å². The maximum absolute atomic E-state index is 12.9. The number of hydrogen-bond donors (Lipinski definition) is 1. The Hall–Kier alpha value is -2.37. The third-order valence-corrected chi connectivity index (χ3v) is 8.42. The number of ether oxygens (including phenoxy) is 2. The molecule has 0 spiro atoms. The number of fused-ring (bicyclic) bond motifs is 1. The highest BCUT2D eigenvalue weighted by molar-refractivity contribution is 5.87. The number of carboxylic acids is 1. The van der Waals surface area contributed by atoms with Crippen molar-refractivity contribution in [3.05, 3.63) is 34.9 Å². The summed E-state index contributed by atoms with van der Waals surface area (Å²) in [6, 6.07) is 0. The van der Waals surface area contributed by atoms with Crippen LogP contribution in [0, 0.1) is 22.7 Å². The number of carboxylic acid groups (broad SMARTS) is 1. The van der Waals surface area contributed by atoms with Gasteiger partial charge < -0.3 is 14.6 Å². The SMILES string of the molecule is C/C=C(/C)C(=O)O[C@H]1[C@H](OC(C)=O)[C@@H](C)[C@](C)(CC/C(C)=C\C(=O)O)[C@H]2CCC=C(C)[C@@]21C. The van der Waals surface area contributed by atoms with E-state index in [-0.39, 0.29) is 17.3 Å². The highest BCUT2D eigenvalue weighted by Gasteiger charge is 2.64. The Morgan fingerprint density at radius 1 is 1.18 bits per heavy atom. The van der Waals surface area contributed by atoms with E-state index in [9.17, 15) is 14.4 Å². The van der Waals surface area contributed by atoms with E-state index in [0.29, 0.717) is 12.0 Å². The molecule has 2 rings (SSSR count). The van der Waals surface area contributed by atoms with Crippen LogP contribution in [0.5, 0.6) is 0 Å². The Balaban J connectivity index is 2.59. The lowest BCUT2D eigenvalue weighted by Gasteiger charge is -2.62. The fraction of sp³-hybridized carbons (Fsp3) is 0.667. The van der Waals surface area contributed by atoms with E-state index in [1.54, 1.807) is 19.9 Å². The zero-order chi connectivity index (χ0) is 25.1. The molecule has 0 unspecified atom stereocenters. The molecule has 184 valence electrons. The summed E-state index contributed by atoms with van der Waals surface area (Å²) in [6.45, 7) is 15.2. The molecule has 2 aliphatic carbocycles. The predicted molar refractivity (Wildman–Crippen MR) is 127 cm³/mol. The van der Waals surface area contributed by atoms with Crippen LogP contribution < -0.4 is 0 Å². The summed E-state index contributed by atoms with van der Waals surface area (Å²) in [5.41, 5.74) is 1.71. The average Bonchev–Trinajstić information content (AvgIpc) is 2.73. The van der Waals surface area contributed by atoms with Crippen LogP contribution in [0.2, 0.25) is 0 Å². The first-order valence-corrected chi connectivity index (χ1v) is 11.9.